The van der Waals surface area contributed by atoms with E-state index in [1.807, 2.05) is 0 Å². The number of rotatable bonds is 5. The van der Waals surface area contributed by atoms with Gasteiger partial charge in [-0.1, -0.05) is 12.8 Å². The molecule has 0 saturated heterocycles. The highest BCUT2D eigenvalue weighted by Gasteiger charge is 2.38. The molecule has 0 aromatic heterocycles. The SMILES string of the molecule is COC(=O)c1ccc(F)cc1S(=O)(=O)NC1(CN)CCCC1.Cl. The van der Waals surface area contributed by atoms with Crippen molar-refractivity contribution in [2.75, 3.05) is 13.7 Å². The maximum absolute atomic E-state index is 13.5. The van der Waals surface area contributed by atoms with Gasteiger partial charge in [-0.3, -0.25) is 0 Å². The van der Waals surface area contributed by atoms with Gasteiger partial charge in [0.25, 0.3) is 0 Å². The van der Waals surface area contributed by atoms with Gasteiger partial charge >= 0.3 is 5.97 Å². The minimum absolute atomic E-state index is 0. The van der Waals surface area contributed by atoms with Crippen molar-refractivity contribution in [3.05, 3.63) is 29.6 Å². The van der Waals surface area contributed by atoms with E-state index >= 15 is 0 Å². The van der Waals surface area contributed by atoms with Crippen LogP contribution in [0.3, 0.4) is 0 Å². The molecule has 0 unspecified atom stereocenters. The zero-order valence-electron chi connectivity index (χ0n) is 12.7. The second-order valence-corrected chi connectivity index (χ2v) is 7.08. The van der Waals surface area contributed by atoms with E-state index in [4.69, 9.17) is 5.73 Å². The lowest BCUT2D eigenvalue weighted by molar-refractivity contribution is 0.0596. The van der Waals surface area contributed by atoms with Crippen molar-refractivity contribution in [3.8, 4) is 0 Å². The third-order valence-electron chi connectivity index (χ3n) is 3.94. The molecule has 9 heteroatoms. The molecule has 0 bridgehead atoms. The van der Waals surface area contributed by atoms with Gasteiger partial charge in [0.05, 0.1) is 17.6 Å². The van der Waals surface area contributed by atoms with Gasteiger partial charge in [0.2, 0.25) is 10.0 Å². The average Bonchev–Trinajstić information content (AvgIpc) is 2.94. The van der Waals surface area contributed by atoms with Crippen molar-refractivity contribution >= 4 is 28.4 Å². The Morgan fingerprint density at radius 3 is 2.52 bits per heavy atom. The Hall–Kier alpha value is -1.22. The lowest BCUT2D eigenvalue weighted by Crippen LogP contribution is -2.51. The Labute approximate surface area is 141 Å². The summed E-state index contributed by atoms with van der Waals surface area (Å²) in [6.45, 7) is 0.148. The molecular formula is C14H20ClFN2O4S. The van der Waals surface area contributed by atoms with Crippen LogP contribution in [-0.4, -0.2) is 33.6 Å². The van der Waals surface area contributed by atoms with Crippen LogP contribution in [-0.2, 0) is 14.8 Å². The highest BCUT2D eigenvalue weighted by molar-refractivity contribution is 7.89. The van der Waals surface area contributed by atoms with Crippen LogP contribution in [0.15, 0.2) is 23.1 Å². The summed E-state index contributed by atoms with van der Waals surface area (Å²) in [5.74, 6) is -1.59. The fraction of sp³-hybridized carbons (Fsp3) is 0.500. The number of sulfonamides is 1. The van der Waals surface area contributed by atoms with Crippen molar-refractivity contribution in [2.45, 2.75) is 36.1 Å². The van der Waals surface area contributed by atoms with E-state index in [1.54, 1.807) is 0 Å². The second-order valence-electron chi connectivity index (χ2n) is 5.43. The topological polar surface area (TPSA) is 98.5 Å². The fourth-order valence-electron chi connectivity index (χ4n) is 2.74. The van der Waals surface area contributed by atoms with Gasteiger partial charge in [-0.25, -0.2) is 22.3 Å². The van der Waals surface area contributed by atoms with Crippen molar-refractivity contribution in [3.63, 3.8) is 0 Å². The normalized spacial score (nSPS) is 16.7. The van der Waals surface area contributed by atoms with Crippen LogP contribution in [0.1, 0.15) is 36.0 Å². The molecule has 0 amide bonds. The summed E-state index contributed by atoms with van der Waals surface area (Å²) in [6, 6.07) is 2.92. The minimum atomic E-state index is -4.09. The molecular weight excluding hydrogens is 347 g/mol. The summed E-state index contributed by atoms with van der Waals surface area (Å²) >= 11 is 0. The number of hydrogen-bond acceptors (Lipinski definition) is 5. The molecule has 1 fully saturated rings. The van der Waals surface area contributed by atoms with Crippen molar-refractivity contribution < 1.29 is 22.3 Å². The Kier molecular flexibility index (Phi) is 6.52. The van der Waals surface area contributed by atoms with E-state index < -0.39 is 32.2 Å². The number of halogens is 2. The first-order chi connectivity index (χ1) is 10.3. The highest BCUT2D eigenvalue weighted by atomic mass is 35.5. The third kappa shape index (κ3) is 4.20. The molecule has 0 aliphatic heterocycles. The lowest BCUT2D eigenvalue weighted by atomic mass is 10.0. The van der Waals surface area contributed by atoms with Gasteiger partial charge in [0, 0.05) is 12.1 Å². The summed E-state index contributed by atoms with van der Waals surface area (Å²) in [4.78, 5) is 11.3. The predicted molar refractivity (Wildman–Crippen MR) is 85.6 cm³/mol. The van der Waals surface area contributed by atoms with Crippen LogP contribution in [0.5, 0.6) is 0 Å². The molecule has 1 aromatic rings. The van der Waals surface area contributed by atoms with E-state index in [0.29, 0.717) is 12.8 Å². The first-order valence-corrected chi connectivity index (χ1v) is 8.44. The van der Waals surface area contributed by atoms with Gasteiger partial charge in [0.15, 0.2) is 0 Å². The number of esters is 1. The Morgan fingerprint density at radius 1 is 1.39 bits per heavy atom. The van der Waals surface area contributed by atoms with Crippen LogP contribution < -0.4 is 10.5 Å². The molecule has 0 heterocycles. The first kappa shape index (κ1) is 19.8. The number of carbonyl (C=O) groups excluding carboxylic acids is 1. The van der Waals surface area contributed by atoms with E-state index in [0.717, 1.165) is 38.2 Å². The molecule has 1 aromatic carbocycles. The monoisotopic (exact) mass is 366 g/mol. The molecule has 0 radical (unpaired) electrons. The van der Waals surface area contributed by atoms with Crippen molar-refractivity contribution in [1.29, 1.82) is 0 Å². The molecule has 1 saturated carbocycles. The smallest absolute Gasteiger partial charge is 0.339 e. The van der Waals surface area contributed by atoms with Crippen LogP contribution in [0.4, 0.5) is 4.39 Å². The molecule has 1 aliphatic carbocycles. The maximum Gasteiger partial charge on any atom is 0.339 e. The molecule has 130 valence electrons. The first-order valence-electron chi connectivity index (χ1n) is 6.95. The van der Waals surface area contributed by atoms with Gasteiger partial charge in [0.1, 0.15) is 5.82 Å². The molecule has 0 atom stereocenters. The molecule has 0 spiro atoms. The highest BCUT2D eigenvalue weighted by Crippen LogP contribution is 2.31. The summed E-state index contributed by atoms with van der Waals surface area (Å²) in [5.41, 5.74) is 4.77. The van der Waals surface area contributed by atoms with E-state index in [1.165, 1.54) is 0 Å². The molecule has 1 aliphatic rings. The Morgan fingerprint density at radius 2 is 2.00 bits per heavy atom. The zero-order valence-corrected chi connectivity index (χ0v) is 14.3. The van der Waals surface area contributed by atoms with Crippen LogP contribution in [0, 0.1) is 5.82 Å². The van der Waals surface area contributed by atoms with Gasteiger partial charge < -0.3 is 10.5 Å². The van der Waals surface area contributed by atoms with E-state index in [-0.39, 0.29) is 24.5 Å². The maximum atomic E-state index is 13.5. The molecule has 6 nitrogen and oxygen atoms in total. The molecule has 3 N–H and O–H groups in total. The Bertz CT molecular complexity index is 675. The number of benzene rings is 1. The van der Waals surface area contributed by atoms with Gasteiger partial charge in [-0.05, 0) is 31.0 Å². The van der Waals surface area contributed by atoms with E-state index in [2.05, 4.69) is 9.46 Å². The molecule has 2 rings (SSSR count). The predicted octanol–water partition coefficient (Wildman–Crippen LogP) is 1.58. The van der Waals surface area contributed by atoms with E-state index in [9.17, 15) is 17.6 Å². The number of nitrogens with two attached hydrogens (primary N) is 1. The fourth-order valence-corrected chi connectivity index (χ4v) is 4.41. The quantitative estimate of drug-likeness (QED) is 0.771. The number of carbonyl (C=O) groups is 1. The van der Waals surface area contributed by atoms with Crippen molar-refractivity contribution in [1.82, 2.24) is 4.72 Å². The largest absolute Gasteiger partial charge is 0.465 e. The summed E-state index contributed by atoms with van der Waals surface area (Å²) in [7, 11) is -2.96. The van der Waals surface area contributed by atoms with Crippen LogP contribution >= 0.6 is 12.4 Å². The summed E-state index contributed by atoms with van der Waals surface area (Å²) in [6.07, 6.45) is 2.97. The summed E-state index contributed by atoms with van der Waals surface area (Å²) in [5, 5.41) is 0. The summed E-state index contributed by atoms with van der Waals surface area (Å²) < 4.78 is 45.8. The number of nitrogens with one attached hydrogen (secondary N) is 1. The van der Waals surface area contributed by atoms with Crippen molar-refractivity contribution in [2.24, 2.45) is 5.73 Å². The Balaban J connectivity index is 0.00000264. The average molecular weight is 367 g/mol. The number of hydrogen-bond donors (Lipinski definition) is 2. The number of ether oxygens (including phenoxy) is 1. The molecule has 23 heavy (non-hydrogen) atoms. The van der Waals surface area contributed by atoms with Gasteiger partial charge in [-0.2, -0.15) is 0 Å². The second kappa shape index (κ2) is 7.57. The van der Waals surface area contributed by atoms with Gasteiger partial charge in [-0.15, -0.1) is 12.4 Å². The lowest BCUT2D eigenvalue weighted by Gasteiger charge is -2.28. The van der Waals surface area contributed by atoms with Crippen LogP contribution in [0.25, 0.3) is 0 Å². The van der Waals surface area contributed by atoms with Crippen LogP contribution in [0.2, 0.25) is 0 Å². The third-order valence-corrected chi connectivity index (χ3v) is 5.56. The standard InChI is InChI=1S/C14H19FN2O4S.ClH/c1-21-13(18)11-5-4-10(15)8-12(11)22(19,20)17-14(9-16)6-2-3-7-14;/h4-5,8,17H,2-3,6-7,9,16H2,1H3;1H. The zero-order chi connectivity index (χ0) is 16.4. The minimum Gasteiger partial charge on any atom is -0.465 e. The number of methoxy groups -OCH3 is 1.